The molecule has 2 saturated heterocycles. The van der Waals surface area contributed by atoms with Gasteiger partial charge in [0.2, 0.25) is 11.8 Å². The summed E-state index contributed by atoms with van der Waals surface area (Å²) in [6.07, 6.45) is 1.66. The van der Waals surface area contributed by atoms with Gasteiger partial charge in [-0.15, -0.1) is 0 Å². The summed E-state index contributed by atoms with van der Waals surface area (Å²) >= 11 is 0. The van der Waals surface area contributed by atoms with Crippen molar-refractivity contribution in [2.45, 2.75) is 31.3 Å². The molecule has 0 aliphatic carbocycles. The minimum atomic E-state index is -0.587. The second-order valence-electron chi connectivity index (χ2n) is 9.18. The summed E-state index contributed by atoms with van der Waals surface area (Å²) in [5.41, 5.74) is 0.727. The lowest BCUT2D eigenvalue weighted by Gasteiger charge is -2.44. The van der Waals surface area contributed by atoms with Crippen LogP contribution < -0.4 is 19.1 Å². The normalized spacial score (nSPS) is 21.3. The molecule has 0 radical (unpaired) electrons. The molecule has 1 unspecified atom stereocenters. The highest BCUT2D eigenvalue weighted by Gasteiger charge is 2.45. The molecular formula is C26H28N2O6. The predicted molar refractivity (Wildman–Crippen MR) is 125 cm³/mol. The minimum absolute atomic E-state index is 0.00789. The second-order valence-corrected chi connectivity index (χ2v) is 9.18. The fourth-order valence-electron chi connectivity index (χ4n) is 5.16. The number of amides is 2. The van der Waals surface area contributed by atoms with Crippen LogP contribution in [0.15, 0.2) is 42.5 Å². The van der Waals surface area contributed by atoms with Gasteiger partial charge in [0, 0.05) is 44.6 Å². The fourth-order valence-corrected chi connectivity index (χ4v) is 5.16. The zero-order valence-corrected chi connectivity index (χ0v) is 19.4. The number of rotatable bonds is 4. The number of piperidine rings is 1. The number of benzene rings is 2. The van der Waals surface area contributed by atoms with E-state index in [1.54, 1.807) is 37.3 Å². The highest BCUT2D eigenvalue weighted by Crippen LogP contribution is 2.41. The van der Waals surface area contributed by atoms with Crippen molar-refractivity contribution in [2.75, 3.05) is 38.8 Å². The van der Waals surface area contributed by atoms with Gasteiger partial charge < -0.3 is 24.0 Å². The van der Waals surface area contributed by atoms with E-state index in [0.717, 1.165) is 11.4 Å². The molecule has 2 amide bonds. The monoisotopic (exact) mass is 464 g/mol. The van der Waals surface area contributed by atoms with Crippen LogP contribution in [0, 0.1) is 5.92 Å². The molecule has 2 aromatic carbocycles. The van der Waals surface area contributed by atoms with Crippen LogP contribution in [-0.2, 0) is 9.59 Å². The third-order valence-corrected chi connectivity index (χ3v) is 7.14. The maximum Gasteiger partial charge on any atom is 0.228 e. The number of ether oxygens (including phenoxy) is 3. The Hall–Kier alpha value is -3.55. The fraction of sp³-hybridized carbons (Fsp3) is 0.423. The first-order valence-electron chi connectivity index (χ1n) is 11.5. The van der Waals surface area contributed by atoms with Crippen LogP contribution >= 0.6 is 0 Å². The van der Waals surface area contributed by atoms with Crippen LogP contribution in [0.5, 0.6) is 17.2 Å². The van der Waals surface area contributed by atoms with Crippen LogP contribution in [0.2, 0.25) is 0 Å². The van der Waals surface area contributed by atoms with Crippen molar-refractivity contribution < 1.29 is 28.6 Å². The molecule has 0 N–H and O–H groups in total. The first-order valence-corrected chi connectivity index (χ1v) is 11.5. The molecule has 34 heavy (non-hydrogen) atoms. The van der Waals surface area contributed by atoms with Gasteiger partial charge in [-0.05, 0) is 42.5 Å². The van der Waals surface area contributed by atoms with E-state index < -0.39 is 5.60 Å². The number of likely N-dealkylation sites (tertiary alicyclic amines) is 1. The maximum atomic E-state index is 13.2. The smallest absolute Gasteiger partial charge is 0.228 e. The first kappa shape index (κ1) is 22.3. The minimum Gasteiger partial charge on any atom is -0.497 e. The summed E-state index contributed by atoms with van der Waals surface area (Å²) in [7, 11) is 3.16. The van der Waals surface area contributed by atoms with E-state index in [0.29, 0.717) is 56.0 Å². The van der Waals surface area contributed by atoms with Gasteiger partial charge in [-0.25, -0.2) is 0 Å². The summed E-state index contributed by atoms with van der Waals surface area (Å²) < 4.78 is 16.7. The molecule has 5 rings (SSSR count). The van der Waals surface area contributed by atoms with E-state index in [1.807, 2.05) is 29.2 Å². The molecule has 0 saturated carbocycles. The number of anilines is 1. The van der Waals surface area contributed by atoms with Crippen molar-refractivity contribution in [3.05, 3.63) is 48.0 Å². The van der Waals surface area contributed by atoms with Crippen molar-refractivity contribution in [1.29, 1.82) is 0 Å². The van der Waals surface area contributed by atoms with E-state index >= 15 is 0 Å². The van der Waals surface area contributed by atoms with Crippen molar-refractivity contribution in [3.8, 4) is 17.2 Å². The Bertz CT molecular complexity index is 1120. The van der Waals surface area contributed by atoms with Crippen LogP contribution in [0.25, 0.3) is 0 Å². The molecule has 8 nitrogen and oxygen atoms in total. The number of ketones is 1. The lowest BCUT2D eigenvalue weighted by Crippen LogP contribution is -2.53. The largest absolute Gasteiger partial charge is 0.497 e. The summed E-state index contributed by atoms with van der Waals surface area (Å²) in [6.45, 7) is 1.38. The summed E-state index contributed by atoms with van der Waals surface area (Å²) in [4.78, 5) is 42.2. The summed E-state index contributed by atoms with van der Waals surface area (Å²) in [5, 5.41) is 0. The molecule has 2 fully saturated rings. The molecule has 1 spiro atoms. The summed E-state index contributed by atoms with van der Waals surface area (Å²) in [5.74, 6) is 1.53. The van der Waals surface area contributed by atoms with Crippen molar-refractivity contribution in [1.82, 2.24) is 4.90 Å². The Morgan fingerprint density at radius 3 is 2.35 bits per heavy atom. The molecule has 0 bridgehead atoms. The molecule has 0 aromatic heterocycles. The predicted octanol–water partition coefficient (Wildman–Crippen LogP) is 3.08. The molecule has 3 aliphatic rings. The molecule has 1 atom stereocenters. The van der Waals surface area contributed by atoms with E-state index in [1.165, 1.54) is 0 Å². The van der Waals surface area contributed by atoms with Crippen LogP contribution in [0.3, 0.4) is 0 Å². The van der Waals surface area contributed by atoms with Crippen molar-refractivity contribution in [2.24, 2.45) is 5.92 Å². The average Bonchev–Trinajstić information content (AvgIpc) is 3.25. The topological polar surface area (TPSA) is 85.4 Å². The number of Topliss-reactive ketones (excluding diaryl/α,β-unsaturated/α-hetero) is 1. The lowest BCUT2D eigenvalue weighted by molar-refractivity contribution is -0.139. The Labute approximate surface area is 198 Å². The number of methoxy groups -OCH3 is 2. The van der Waals surface area contributed by atoms with E-state index in [-0.39, 0.29) is 29.9 Å². The molecule has 178 valence electrons. The Balaban J connectivity index is 1.22. The standard InChI is InChI=1S/C26H28N2O6/c1-32-19-5-3-18(4-6-19)28-16-17(13-24(28)30)25(31)27-11-9-26(10-12-27)15-22(29)21-14-20(33-2)7-8-23(21)34-26/h3-8,14,17H,9-13,15-16H2,1-2H3. The number of hydrogen-bond acceptors (Lipinski definition) is 6. The molecule has 3 aliphatic heterocycles. The molecular weight excluding hydrogens is 436 g/mol. The van der Waals surface area contributed by atoms with Gasteiger partial charge in [-0.3, -0.25) is 14.4 Å². The first-order chi connectivity index (χ1) is 16.4. The number of hydrogen-bond donors (Lipinski definition) is 0. The van der Waals surface area contributed by atoms with Gasteiger partial charge in [-0.2, -0.15) is 0 Å². The van der Waals surface area contributed by atoms with Gasteiger partial charge in [-0.1, -0.05) is 0 Å². The third-order valence-electron chi connectivity index (χ3n) is 7.14. The number of nitrogens with zero attached hydrogens (tertiary/aromatic N) is 2. The van der Waals surface area contributed by atoms with Gasteiger partial charge >= 0.3 is 0 Å². The van der Waals surface area contributed by atoms with E-state index in [2.05, 4.69) is 0 Å². The van der Waals surface area contributed by atoms with Gasteiger partial charge in [0.1, 0.15) is 22.8 Å². The van der Waals surface area contributed by atoms with Gasteiger partial charge in [0.05, 0.1) is 32.1 Å². The van der Waals surface area contributed by atoms with Crippen molar-refractivity contribution >= 4 is 23.3 Å². The molecule has 3 heterocycles. The quantitative estimate of drug-likeness (QED) is 0.691. The lowest BCUT2D eigenvalue weighted by atomic mass is 9.82. The highest BCUT2D eigenvalue weighted by atomic mass is 16.5. The molecule has 8 heteroatoms. The van der Waals surface area contributed by atoms with E-state index in [9.17, 15) is 14.4 Å². The van der Waals surface area contributed by atoms with Gasteiger partial charge in [0.25, 0.3) is 0 Å². The molecule has 2 aromatic rings. The zero-order valence-electron chi connectivity index (χ0n) is 19.4. The number of carbonyl (C=O) groups excluding carboxylic acids is 3. The number of carbonyl (C=O) groups is 3. The van der Waals surface area contributed by atoms with E-state index in [4.69, 9.17) is 14.2 Å². The Morgan fingerprint density at radius 1 is 1.00 bits per heavy atom. The van der Waals surface area contributed by atoms with Crippen LogP contribution in [0.1, 0.15) is 36.0 Å². The Kier molecular flexibility index (Phi) is 5.67. The highest BCUT2D eigenvalue weighted by molar-refractivity contribution is 6.01. The summed E-state index contributed by atoms with van der Waals surface area (Å²) in [6, 6.07) is 12.6. The average molecular weight is 465 g/mol. The maximum absolute atomic E-state index is 13.2. The zero-order chi connectivity index (χ0) is 23.9. The van der Waals surface area contributed by atoms with Crippen LogP contribution in [0.4, 0.5) is 5.69 Å². The second kappa shape index (κ2) is 8.66. The number of fused-ring (bicyclic) bond motifs is 1. The van der Waals surface area contributed by atoms with Gasteiger partial charge in [0.15, 0.2) is 5.78 Å². The van der Waals surface area contributed by atoms with Crippen LogP contribution in [-0.4, -0.2) is 62.0 Å². The third kappa shape index (κ3) is 3.97. The SMILES string of the molecule is COc1ccc(N2CC(C(=O)N3CCC4(CC3)CC(=O)c3cc(OC)ccc3O4)CC2=O)cc1. The van der Waals surface area contributed by atoms with Crippen molar-refractivity contribution in [3.63, 3.8) is 0 Å². The Morgan fingerprint density at radius 2 is 1.68 bits per heavy atom.